The number of hydrogen-bond donors (Lipinski definition) is 2. The predicted molar refractivity (Wildman–Crippen MR) is 78.1 cm³/mol. The Morgan fingerprint density at radius 2 is 2.21 bits per heavy atom. The van der Waals surface area contributed by atoms with Crippen LogP contribution in [-0.2, 0) is 4.79 Å². The molecule has 0 aliphatic rings. The van der Waals surface area contributed by atoms with Gasteiger partial charge in [-0.1, -0.05) is 35.8 Å². The Labute approximate surface area is 122 Å². The van der Waals surface area contributed by atoms with Crippen LogP contribution in [0.25, 0.3) is 0 Å². The number of aliphatic hydroxyl groups excluding tert-OH is 1. The minimum absolute atomic E-state index is 0.0457. The van der Waals surface area contributed by atoms with E-state index >= 15 is 0 Å². The van der Waals surface area contributed by atoms with Crippen LogP contribution in [0.2, 0.25) is 0 Å². The highest BCUT2D eigenvalue weighted by Crippen LogP contribution is 2.17. The fraction of sp³-hybridized carbons (Fsp3) is 0.500. The van der Waals surface area contributed by atoms with Crippen LogP contribution in [0.4, 0.5) is 0 Å². The van der Waals surface area contributed by atoms with E-state index < -0.39 is 0 Å². The lowest BCUT2D eigenvalue weighted by Crippen LogP contribution is -2.41. The molecular formula is C14H20BrNO3. The minimum atomic E-state index is -0.196. The Kier molecular flexibility index (Phi) is 6.87. The molecule has 0 fully saturated rings. The number of hydrogen-bond acceptors (Lipinski definition) is 3. The van der Waals surface area contributed by atoms with Gasteiger partial charge in [-0.05, 0) is 24.1 Å². The summed E-state index contributed by atoms with van der Waals surface area (Å²) in [5, 5.41) is 11.9. The molecule has 0 bridgehead atoms. The second kappa shape index (κ2) is 8.17. The van der Waals surface area contributed by atoms with Crippen molar-refractivity contribution in [3.8, 4) is 5.75 Å². The lowest BCUT2D eigenvalue weighted by atomic mass is 10.1. The van der Waals surface area contributed by atoms with Crippen LogP contribution in [0.3, 0.4) is 0 Å². The summed E-state index contributed by atoms with van der Waals surface area (Å²) in [6.07, 6.45) is 0.274. The average molecular weight is 330 g/mol. The third-order valence-electron chi connectivity index (χ3n) is 2.74. The molecule has 1 rings (SSSR count). The van der Waals surface area contributed by atoms with E-state index in [2.05, 4.69) is 21.2 Å². The lowest BCUT2D eigenvalue weighted by molar-refractivity contribution is -0.122. The number of aliphatic hydroxyl groups is 1. The van der Waals surface area contributed by atoms with E-state index in [1.165, 1.54) is 0 Å². The first kappa shape index (κ1) is 16.0. The molecule has 0 aliphatic heterocycles. The molecule has 1 atom stereocenters. The van der Waals surface area contributed by atoms with Gasteiger partial charge < -0.3 is 15.2 Å². The number of halogens is 1. The molecule has 0 aliphatic carbocycles. The van der Waals surface area contributed by atoms with Crippen molar-refractivity contribution in [3.63, 3.8) is 0 Å². The maximum Gasteiger partial charge on any atom is 0.223 e. The number of benzene rings is 1. The van der Waals surface area contributed by atoms with Crippen LogP contribution in [0, 0.1) is 5.92 Å². The summed E-state index contributed by atoms with van der Waals surface area (Å²) in [4.78, 5) is 11.7. The summed E-state index contributed by atoms with van der Waals surface area (Å²) in [5.41, 5.74) is 0. The van der Waals surface area contributed by atoms with Gasteiger partial charge in [0, 0.05) is 4.47 Å². The molecule has 5 heteroatoms. The molecule has 0 spiro atoms. The zero-order chi connectivity index (χ0) is 14.3. The molecule has 106 valence electrons. The molecule has 19 heavy (non-hydrogen) atoms. The number of amides is 1. The largest absolute Gasteiger partial charge is 0.493 e. The average Bonchev–Trinajstić information content (AvgIpc) is 2.35. The fourth-order valence-electron chi connectivity index (χ4n) is 1.52. The van der Waals surface area contributed by atoms with E-state index in [1.54, 1.807) is 0 Å². The van der Waals surface area contributed by atoms with Crippen LogP contribution in [0.1, 0.15) is 20.3 Å². The highest BCUT2D eigenvalue weighted by Gasteiger charge is 2.14. The first-order valence-corrected chi connectivity index (χ1v) is 7.11. The van der Waals surface area contributed by atoms with E-state index in [-0.39, 0.29) is 30.9 Å². The van der Waals surface area contributed by atoms with Gasteiger partial charge in [0.1, 0.15) is 5.75 Å². The first-order chi connectivity index (χ1) is 9.02. The lowest BCUT2D eigenvalue weighted by Gasteiger charge is -2.19. The van der Waals surface area contributed by atoms with Gasteiger partial charge in [0.05, 0.1) is 25.7 Å². The summed E-state index contributed by atoms with van der Waals surface area (Å²) in [6, 6.07) is 7.28. The monoisotopic (exact) mass is 329 g/mol. The summed E-state index contributed by atoms with van der Waals surface area (Å²) in [7, 11) is 0. The molecule has 0 saturated carbocycles. The zero-order valence-corrected chi connectivity index (χ0v) is 12.8. The quantitative estimate of drug-likeness (QED) is 0.807. The second-order valence-corrected chi connectivity index (χ2v) is 5.57. The third kappa shape index (κ3) is 6.07. The van der Waals surface area contributed by atoms with Crippen molar-refractivity contribution in [2.75, 3.05) is 13.2 Å². The molecule has 1 amide bonds. The first-order valence-electron chi connectivity index (χ1n) is 6.31. The molecule has 0 aromatic heterocycles. The summed E-state index contributed by atoms with van der Waals surface area (Å²) in [6.45, 7) is 4.19. The molecule has 1 unspecified atom stereocenters. The minimum Gasteiger partial charge on any atom is -0.493 e. The zero-order valence-electron chi connectivity index (χ0n) is 11.2. The van der Waals surface area contributed by atoms with E-state index in [0.717, 1.165) is 10.2 Å². The van der Waals surface area contributed by atoms with Gasteiger partial charge >= 0.3 is 0 Å². The highest BCUT2D eigenvalue weighted by molar-refractivity contribution is 9.10. The van der Waals surface area contributed by atoms with E-state index in [0.29, 0.717) is 6.61 Å². The van der Waals surface area contributed by atoms with Gasteiger partial charge in [-0.3, -0.25) is 4.79 Å². The third-order valence-corrected chi connectivity index (χ3v) is 3.24. The fourth-order valence-corrected chi connectivity index (χ4v) is 1.90. The molecule has 1 aromatic rings. The van der Waals surface area contributed by atoms with Crippen LogP contribution >= 0.6 is 15.9 Å². The van der Waals surface area contributed by atoms with Crippen LogP contribution in [-0.4, -0.2) is 30.3 Å². The number of rotatable bonds is 7. The molecule has 2 N–H and O–H groups in total. The van der Waals surface area contributed by atoms with Gasteiger partial charge in [0.25, 0.3) is 0 Å². The second-order valence-electron chi connectivity index (χ2n) is 4.66. The maximum atomic E-state index is 11.7. The molecule has 0 radical (unpaired) electrons. The van der Waals surface area contributed by atoms with Gasteiger partial charge in [0.2, 0.25) is 5.91 Å². The topological polar surface area (TPSA) is 58.6 Å². The highest BCUT2D eigenvalue weighted by atomic mass is 79.9. The molecule has 0 saturated heterocycles. The Bertz CT molecular complexity index is 409. The van der Waals surface area contributed by atoms with Crippen molar-refractivity contribution >= 4 is 21.8 Å². The molecule has 4 nitrogen and oxygen atoms in total. The Morgan fingerprint density at radius 1 is 1.47 bits per heavy atom. The number of nitrogens with one attached hydrogen (secondary N) is 1. The maximum absolute atomic E-state index is 11.7. The van der Waals surface area contributed by atoms with Crippen molar-refractivity contribution in [2.24, 2.45) is 5.92 Å². The molecule has 1 aromatic carbocycles. The number of ether oxygens (including phenoxy) is 1. The molecular weight excluding hydrogens is 310 g/mol. The van der Waals surface area contributed by atoms with Crippen LogP contribution < -0.4 is 10.1 Å². The number of carbonyl (C=O) groups is 1. The summed E-state index contributed by atoms with van der Waals surface area (Å²) < 4.78 is 6.42. The van der Waals surface area contributed by atoms with E-state index in [9.17, 15) is 4.79 Å². The van der Waals surface area contributed by atoms with Crippen molar-refractivity contribution in [2.45, 2.75) is 26.3 Å². The van der Waals surface area contributed by atoms with Gasteiger partial charge in [-0.15, -0.1) is 0 Å². The van der Waals surface area contributed by atoms with Crippen molar-refractivity contribution in [1.82, 2.24) is 5.32 Å². The Balaban J connectivity index is 2.31. The Morgan fingerprint density at radius 3 is 2.79 bits per heavy atom. The van der Waals surface area contributed by atoms with Crippen molar-refractivity contribution in [1.29, 1.82) is 0 Å². The summed E-state index contributed by atoms with van der Waals surface area (Å²) in [5.74, 6) is 0.826. The number of carbonyl (C=O) groups excluding carboxylic acids is 1. The predicted octanol–water partition coefficient (Wildman–Crippen LogP) is 2.35. The summed E-state index contributed by atoms with van der Waals surface area (Å²) >= 11 is 3.35. The van der Waals surface area contributed by atoms with Gasteiger partial charge in [-0.2, -0.15) is 0 Å². The Hall–Kier alpha value is -1.07. The van der Waals surface area contributed by atoms with Gasteiger partial charge in [0.15, 0.2) is 0 Å². The van der Waals surface area contributed by atoms with Crippen molar-refractivity contribution in [3.05, 3.63) is 28.7 Å². The molecule has 0 heterocycles. The van der Waals surface area contributed by atoms with E-state index in [4.69, 9.17) is 9.84 Å². The smallest absolute Gasteiger partial charge is 0.223 e. The SMILES string of the molecule is CC(C)C(CO)NC(=O)CCOc1cccc(Br)c1. The standard InChI is InChI=1S/C14H20BrNO3/c1-10(2)13(9-17)16-14(18)6-7-19-12-5-3-4-11(15)8-12/h3-5,8,10,13,17H,6-7,9H2,1-2H3,(H,16,18). The normalized spacial score (nSPS) is 12.3. The van der Waals surface area contributed by atoms with E-state index in [1.807, 2.05) is 38.1 Å². The van der Waals surface area contributed by atoms with Crippen LogP contribution in [0.5, 0.6) is 5.75 Å². The van der Waals surface area contributed by atoms with Crippen molar-refractivity contribution < 1.29 is 14.6 Å². The van der Waals surface area contributed by atoms with Crippen LogP contribution in [0.15, 0.2) is 28.7 Å². The van der Waals surface area contributed by atoms with Gasteiger partial charge in [-0.25, -0.2) is 0 Å².